The second-order valence-corrected chi connectivity index (χ2v) is 6.31. The zero-order valence-electron chi connectivity index (χ0n) is 12.9. The van der Waals surface area contributed by atoms with Gasteiger partial charge in [-0.25, -0.2) is 4.79 Å². The van der Waals surface area contributed by atoms with Crippen molar-refractivity contribution in [1.82, 2.24) is 24.8 Å². The van der Waals surface area contributed by atoms with Gasteiger partial charge in [0.05, 0.1) is 5.92 Å². The van der Waals surface area contributed by atoms with Crippen LogP contribution in [-0.4, -0.2) is 38.6 Å². The SMILES string of the molecule is O=C(NCc1ccc(Cl)cc1)N1CC(c2nnc3ccccn23)C1. The molecule has 0 radical (unpaired) electrons. The lowest BCUT2D eigenvalue weighted by atomic mass is 10.00. The van der Waals surface area contributed by atoms with E-state index < -0.39 is 0 Å². The Bertz CT molecular complexity index is 870. The number of urea groups is 1. The van der Waals surface area contributed by atoms with E-state index in [1.807, 2.05) is 53.1 Å². The lowest BCUT2D eigenvalue weighted by Gasteiger charge is -2.38. The van der Waals surface area contributed by atoms with E-state index in [9.17, 15) is 4.79 Å². The van der Waals surface area contributed by atoms with Crippen LogP contribution in [0, 0.1) is 0 Å². The lowest BCUT2D eigenvalue weighted by molar-refractivity contribution is 0.147. The number of amides is 2. The minimum atomic E-state index is -0.0602. The number of carbonyl (C=O) groups is 1. The number of halogens is 1. The van der Waals surface area contributed by atoms with Gasteiger partial charge in [-0.15, -0.1) is 10.2 Å². The number of nitrogens with zero attached hydrogens (tertiary/aromatic N) is 4. The predicted octanol–water partition coefficient (Wildman–Crippen LogP) is 2.69. The summed E-state index contributed by atoms with van der Waals surface area (Å²) in [4.78, 5) is 14.0. The smallest absolute Gasteiger partial charge is 0.317 e. The number of benzene rings is 1. The molecule has 2 amide bonds. The molecule has 3 aromatic rings. The van der Waals surface area contributed by atoms with Crippen LogP contribution in [-0.2, 0) is 6.54 Å². The molecule has 24 heavy (non-hydrogen) atoms. The third kappa shape index (κ3) is 2.80. The Morgan fingerprint density at radius 1 is 1.17 bits per heavy atom. The third-order valence-electron chi connectivity index (χ3n) is 4.23. The summed E-state index contributed by atoms with van der Waals surface area (Å²) in [7, 11) is 0. The van der Waals surface area contributed by atoms with Crippen LogP contribution in [0.25, 0.3) is 5.65 Å². The van der Waals surface area contributed by atoms with E-state index in [0.717, 1.165) is 17.0 Å². The molecular formula is C17H16ClN5O. The molecule has 0 saturated carbocycles. The Morgan fingerprint density at radius 3 is 2.75 bits per heavy atom. The monoisotopic (exact) mass is 341 g/mol. The first-order chi connectivity index (χ1) is 11.7. The molecule has 3 heterocycles. The molecule has 1 aliphatic heterocycles. The highest BCUT2D eigenvalue weighted by atomic mass is 35.5. The topological polar surface area (TPSA) is 62.5 Å². The van der Waals surface area contributed by atoms with Crippen molar-refractivity contribution in [3.63, 3.8) is 0 Å². The molecule has 7 heteroatoms. The van der Waals surface area contributed by atoms with Crippen molar-refractivity contribution in [2.45, 2.75) is 12.5 Å². The van der Waals surface area contributed by atoms with E-state index in [0.29, 0.717) is 24.7 Å². The molecule has 122 valence electrons. The first-order valence-electron chi connectivity index (χ1n) is 7.77. The van der Waals surface area contributed by atoms with Crippen LogP contribution >= 0.6 is 11.6 Å². The Hall–Kier alpha value is -2.60. The summed E-state index contributed by atoms with van der Waals surface area (Å²) >= 11 is 5.85. The van der Waals surface area contributed by atoms with Crippen LogP contribution in [0.4, 0.5) is 4.79 Å². The summed E-state index contributed by atoms with van der Waals surface area (Å²) in [5, 5.41) is 12.0. The number of aromatic nitrogens is 3. The summed E-state index contributed by atoms with van der Waals surface area (Å²) in [5.41, 5.74) is 1.85. The molecule has 0 aliphatic carbocycles. The fourth-order valence-corrected chi connectivity index (χ4v) is 2.96. The van der Waals surface area contributed by atoms with E-state index in [4.69, 9.17) is 11.6 Å². The van der Waals surface area contributed by atoms with Crippen LogP contribution < -0.4 is 5.32 Å². The van der Waals surface area contributed by atoms with Crippen molar-refractivity contribution in [2.75, 3.05) is 13.1 Å². The highest BCUT2D eigenvalue weighted by molar-refractivity contribution is 6.30. The molecule has 0 bridgehead atoms. The molecule has 1 aromatic carbocycles. The van der Waals surface area contributed by atoms with Crippen molar-refractivity contribution in [3.05, 3.63) is 65.1 Å². The maximum atomic E-state index is 12.2. The third-order valence-corrected chi connectivity index (χ3v) is 4.48. The second kappa shape index (κ2) is 6.13. The number of nitrogens with one attached hydrogen (secondary N) is 1. The first kappa shape index (κ1) is 15.0. The standard InChI is InChI=1S/C17H16ClN5O/c18-14-6-4-12(5-7-14)9-19-17(24)22-10-13(11-22)16-21-20-15-3-1-2-8-23(15)16/h1-8,13H,9-11H2,(H,19,24). The summed E-state index contributed by atoms with van der Waals surface area (Å²) < 4.78 is 1.98. The largest absolute Gasteiger partial charge is 0.334 e. The minimum Gasteiger partial charge on any atom is -0.334 e. The van der Waals surface area contributed by atoms with Gasteiger partial charge in [-0.3, -0.25) is 4.40 Å². The van der Waals surface area contributed by atoms with Crippen LogP contribution in [0.2, 0.25) is 5.02 Å². The molecule has 1 N–H and O–H groups in total. The Kier molecular flexibility index (Phi) is 3.82. The average Bonchev–Trinajstić information content (AvgIpc) is 2.97. The van der Waals surface area contributed by atoms with Gasteiger partial charge in [0.15, 0.2) is 5.65 Å². The maximum Gasteiger partial charge on any atom is 0.317 e. The Labute approximate surface area is 144 Å². The van der Waals surface area contributed by atoms with Crippen LogP contribution in [0.15, 0.2) is 48.7 Å². The van der Waals surface area contributed by atoms with Crippen molar-refractivity contribution in [3.8, 4) is 0 Å². The summed E-state index contributed by atoms with van der Waals surface area (Å²) in [6.07, 6.45) is 1.95. The van der Waals surface area contributed by atoms with Gasteiger partial charge in [0.25, 0.3) is 0 Å². The molecule has 0 atom stereocenters. The average molecular weight is 342 g/mol. The van der Waals surface area contributed by atoms with E-state index in [1.54, 1.807) is 4.90 Å². The van der Waals surface area contributed by atoms with E-state index >= 15 is 0 Å². The molecule has 0 unspecified atom stereocenters. The van der Waals surface area contributed by atoms with Gasteiger partial charge in [-0.2, -0.15) is 0 Å². The highest BCUT2D eigenvalue weighted by Gasteiger charge is 2.34. The minimum absolute atomic E-state index is 0.0602. The van der Waals surface area contributed by atoms with Crippen LogP contribution in [0.5, 0.6) is 0 Å². The Morgan fingerprint density at radius 2 is 1.96 bits per heavy atom. The second-order valence-electron chi connectivity index (χ2n) is 5.87. The Balaban J connectivity index is 1.33. The summed E-state index contributed by atoms with van der Waals surface area (Å²) in [5.74, 6) is 1.14. The highest BCUT2D eigenvalue weighted by Crippen LogP contribution is 2.26. The molecule has 6 nitrogen and oxygen atoms in total. The zero-order chi connectivity index (χ0) is 16.5. The lowest BCUT2D eigenvalue weighted by Crippen LogP contribution is -2.52. The number of rotatable bonds is 3. The quantitative estimate of drug-likeness (QED) is 0.796. The van der Waals surface area contributed by atoms with E-state index in [2.05, 4.69) is 15.5 Å². The summed E-state index contributed by atoms with van der Waals surface area (Å²) in [6, 6.07) is 13.2. The number of hydrogen-bond donors (Lipinski definition) is 1. The molecule has 2 aromatic heterocycles. The molecule has 1 fully saturated rings. The van der Waals surface area contributed by atoms with Crippen LogP contribution in [0.3, 0.4) is 0 Å². The van der Waals surface area contributed by atoms with E-state index in [-0.39, 0.29) is 11.9 Å². The molecule has 4 rings (SSSR count). The maximum absolute atomic E-state index is 12.2. The fourth-order valence-electron chi connectivity index (χ4n) is 2.84. The van der Waals surface area contributed by atoms with E-state index in [1.165, 1.54) is 0 Å². The number of likely N-dealkylation sites (tertiary alicyclic amines) is 1. The fraction of sp³-hybridized carbons (Fsp3) is 0.235. The van der Waals surface area contributed by atoms with Gasteiger partial charge in [0.1, 0.15) is 5.82 Å². The number of pyridine rings is 1. The normalized spacial score (nSPS) is 14.6. The number of carbonyl (C=O) groups excluding carboxylic acids is 1. The molecule has 1 saturated heterocycles. The molecule has 0 spiro atoms. The number of fused-ring (bicyclic) bond motifs is 1. The van der Waals surface area contributed by atoms with Crippen molar-refractivity contribution in [1.29, 1.82) is 0 Å². The van der Waals surface area contributed by atoms with Gasteiger partial charge >= 0.3 is 6.03 Å². The van der Waals surface area contributed by atoms with Gasteiger partial charge in [-0.1, -0.05) is 29.8 Å². The first-order valence-corrected chi connectivity index (χ1v) is 8.15. The van der Waals surface area contributed by atoms with Crippen molar-refractivity contribution >= 4 is 23.3 Å². The van der Waals surface area contributed by atoms with Crippen molar-refractivity contribution < 1.29 is 4.79 Å². The van der Waals surface area contributed by atoms with Crippen LogP contribution in [0.1, 0.15) is 17.3 Å². The van der Waals surface area contributed by atoms with Gasteiger partial charge in [0, 0.05) is 30.9 Å². The molecule has 1 aliphatic rings. The predicted molar refractivity (Wildman–Crippen MR) is 91.0 cm³/mol. The van der Waals surface area contributed by atoms with Gasteiger partial charge in [-0.05, 0) is 29.8 Å². The van der Waals surface area contributed by atoms with Crippen molar-refractivity contribution in [2.24, 2.45) is 0 Å². The molecular weight excluding hydrogens is 326 g/mol. The van der Waals surface area contributed by atoms with Gasteiger partial charge < -0.3 is 10.2 Å². The summed E-state index contributed by atoms with van der Waals surface area (Å²) in [6.45, 7) is 1.80. The van der Waals surface area contributed by atoms with Gasteiger partial charge in [0.2, 0.25) is 0 Å². The number of hydrogen-bond acceptors (Lipinski definition) is 3. The zero-order valence-corrected chi connectivity index (χ0v) is 13.6.